The summed E-state index contributed by atoms with van der Waals surface area (Å²) < 4.78 is 33.4. The average Bonchev–Trinajstić information content (AvgIpc) is 3.19. The molecule has 1 saturated carbocycles. The second kappa shape index (κ2) is 6.32. The fraction of sp³-hybridized carbons (Fsp3) is 0.765. The summed E-state index contributed by atoms with van der Waals surface area (Å²) in [4.78, 5) is 14.3. The van der Waals surface area contributed by atoms with Gasteiger partial charge in [0, 0.05) is 75.6 Å². The molecule has 0 bridgehead atoms. The van der Waals surface area contributed by atoms with E-state index in [2.05, 4.69) is 15.3 Å². The fourth-order valence-corrected chi connectivity index (χ4v) is 4.25. The Bertz CT molecular complexity index is 642. The highest BCUT2D eigenvalue weighted by Crippen LogP contribution is 2.42. The number of hydrogen-bond donors (Lipinski definition) is 1. The van der Waals surface area contributed by atoms with Crippen molar-refractivity contribution in [3.8, 4) is 0 Å². The zero-order valence-electron chi connectivity index (χ0n) is 14.3. The van der Waals surface area contributed by atoms with Gasteiger partial charge in [-0.2, -0.15) is 5.10 Å². The lowest BCUT2D eigenvalue weighted by atomic mass is 9.80. The zero-order valence-corrected chi connectivity index (χ0v) is 14.3. The molecular formula is C17H24F2N4O2. The molecule has 1 N–H and O–H groups in total. The molecule has 3 fully saturated rings. The Hall–Kier alpha value is -1.54. The first-order valence-electron chi connectivity index (χ1n) is 8.87. The highest BCUT2D eigenvalue weighted by Gasteiger charge is 2.49. The first-order valence-corrected chi connectivity index (χ1v) is 8.87. The van der Waals surface area contributed by atoms with Crippen LogP contribution in [0.15, 0.2) is 12.4 Å². The summed E-state index contributed by atoms with van der Waals surface area (Å²) in [5, 5.41) is 7.05. The monoisotopic (exact) mass is 354 g/mol. The standard InChI is InChI=1S/C17H24F2N4O2/c1-22-6-11(4-21-22)7-23-8-14-13(10-25-15(14)9-23)5-20-16(24)12-2-17(18,19)3-12/h4,6,12-15H,2-3,5,7-10H2,1H3,(H,20,24)/t13-,14-,15-/m1/s1. The number of fused-ring (bicyclic) bond motifs is 1. The molecule has 0 radical (unpaired) electrons. The number of carbonyl (C=O) groups is 1. The van der Waals surface area contributed by atoms with E-state index < -0.39 is 11.8 Å². The first kappa shape index (κ1) is 16.9. The number of halogens is 2. The maximum atomic E-state index is 12.9. The van der Waals surface area contributed by atoms with E-state index in [-0.39, 0.29) is 30.8 Å². The Morgan fingerprint density at radius 3 is 2.92 bits per heavy atom. The van der Waals surface area contributed by atoms with Crippen molar-refractivity contribution in [2.45, 2.75) is 31.4 Å². The molecular weight excluding hydrogens is 330 g/mol. The molecule has 6 nitrogen and oxygen atoms in total. The SMILES string of the molecule is Cn1cc(CN2C[C@@H]3[C@H](CNC(=O)C4CC(F)(F)C4)CO[C@@H]3C2)cn1. The van der Waals surface area contributed by atoms with Crippen LogP contribution in [0.4, 0.5) is 8.78 Å². The molecule has 3 heterocycles. The number of alkyl halides is 2. The largest absolute Gasteiger partial charge is 0.376 e. The molecule has 1 amide bonds. The van der Waals surface area contributed by atoms with Gasteiger partial charge in [-0.3, -0.25) is 14.4 Å². The van der Waals surface area contributed by atoms with Gasteiger partial charge < -0.3 is 10.1 Å². The van der Waals surface area contributed by atoms with Gasteiger partial charge in [-0.15, -0.1) is 0 Å². The number of aryl methyl sites for hydroxylation is 1. The van der Waals surface area contributed by atoms with Crippen LogP contribution in [0, 0.1) is 17.8 Å². The molecule has 0 spiro atoms. The third-order valence-corrected chi connectivity index (χ3v) is 5.68. The number of nitrogens with one attached hydrogen (secondary N) is 1. The van der Waals surface area contributed by atoms with Crippen LogP contribution < -0.4 is 5.32 Å². The number of ether oxygens (including phenoxy) is 1. The Morgan fingerprint density at radius 1 is 1.44 bits per heavy atom. The van der Waals surface area contributed by atoms with E-state index in [0.717, 1.165) is 19.6 Å². The number of carbonyl (C=O) groups excluding carboxylic acids is 1. The lowest BCUT2D eigenvalue weighted by molar-refractivity contribution is -0.150. The Labute approximate surface area is 145 Å². The predicted octanol–water partition coefficient (Wildman–Crippen LogP) is 1.03. The van der Waals surface area contributed by atoms with Gasteiger partial charge in [-0.05, 0) is 0 Å². The van der Waals surface area contributed by atoms with E-state index in [1.54, 1.807) is 4.68 Å². The minimum absolute atomic E-state index is 0.201. The molecule has 1 aromatic rings. The molecule has 2 aliphatic heterocycles. The van der Waals surface area contributed by atoms with Gasteiger partial charge >= 0.3 is 0 Å². The van der Waals surface area contributed by atoms with Crippen molar-refractivity contribution < 1.29 is 18.3 Å². The molecule has 3 atom stereocenters. The quantitative estimate of drug-likeness (QED) is 0.858. The van der Waals surface area contributed by atoms with Crippen molar-refractivity contribution in [1.82, 2.24) is 20.0 Å². The van der Waals surface area contributed by atoms with Gasteiger partial charge in [0.25, 0.3) is 0 Å². The normalized spacial score (nSPS) is 31.7. The van der Waals surface area contributed by atoms with Crippen LogP contribution in [0.25, 0.3) is 0 Å². The number of likely N-dealkylation sites (tertiary alicyclic amines) is 1. The Morgan fingerprint density at radius 2 is 2.24 bits per heavy atom. The fourth-order valence-electron chi connectivity index (χ4n) is 4.25. The van der Waals surface area contributed by atoms with Crippen LogP contribution >= 0.6 is 0 Å². The molecule has 3 aliphatic rings. The summed E-state index contributed by atoms with van der Waals surface area (Å²) in [5.74, 6) is -2.77. The van der Waals surface area contributed by atoms with Gasteiger partial charge in [0.1, 0.15) is 0 Å². The number of amides is 1. The van der Waals surface area contributed by atoms with Crippen LogP contribution in [0.5, 0.6) is 0 Å². The maximum absolute atomic E-state index is 12.9. The van der Waals surface area contributed by atoms with Gasteiger partial charge in [-0.1, -0.05) is 0 Å². The van der Waals surface area contributed by atoms with Crippen molar-refractivity contribution in [2.75, 3.05) is 26.2 Å². The lowest BCUT2D eigenvalue weighted by Crippen LogP contribution is -2.46. The lowest BCUT2D eigenvalue weighted by Gasteiger charge is -2.34. The smallest absolute Gasteiger partial charge is 0.249 e. The van der Waals surface area contributed by atoms with E-state index in [9.17, 15) is 13.6 Å². The number of aromatic nitrogens is 2. The van der Waals surface area contributed by atoms with Crippen molar-refractivity contribution in [1.29, 1.82) is 0 Å². The molecule has 2 saturated heterocycles. The van der Waals surface area contributed by atoms with Crippen molar-refractivity contribution in [2.24, 2.45) is 24.8 Å². The summed E-state index contributed by atoms with van der Waals surface area (Å²) in [7, 11) is 1.90. The van der Waals surface area contributed by atoms with Gasteiger partial charge in [-0.25, -0.2) is 8.78 Å². The highest BCUT2D eigenvalue weighted by atomic mass is 19.3. The number of hydrogen-bond acceptors (Lipinski definition) is 4. The first-order chi connectivity index (χ1) is 11.9. The van der Waals surface area contributed by atoms with E-state index in [0.29, 0.717) is 19.1 Å². The maximum Gasteiger partial charge on any atom is 0.249 e. The second-order valence-corrected chi connectivity index (χ2v) is 7.72. The van der Waals surface area contributed by atoms with E-state index in [4.69, 9.17) is 4.74 Å². The molecule has 1 aliphatic carbocycles. The van der Waals surface area contributed by atoms with Gasteiger partial charge in [0.15, 0.2) is 0 Å². The van der Waals surface area contributed by atoms with Crippen LogP contribution in [0.3, 0.4) is 0 Å². The number of rotatable bonds is 5. The van der Waals surface area contributed by atoms with E-state index in [1.807, 2.05) is 19.4 Å². The molecule has 1 aromatic heterocycles. The second-order valence-electron chi connectivity index (χ2n) is 7.72. The Kier molecular flexibility index (Phi) is 4.27. The summed E-state index contributed by atoms with van der Waals surface area (Å²) in [6.07, 6.45) is 3.46. The molecule has 0 aromatic carbocycles. The zero-order chi connectivity index (χ0) is 17.6. The number of nitrogens with zero attached hydrogens (tertiary/aromatic N) is 3. The Balaban J connectivity index is 1.25. The highest BCUT2D eigenvalue weighted by molar-refractivity contribution is 5.79. The van der Waals surface area contributed by atoms with Crippen molar-refractivity contribution >= 4 is 5.91 Å². The third-order valence-electron chi connectivity index (χ3n) is 5.68. The molecule has 8 heteroatoms. The molecule has 138 valence electrons. The predicted molar refractivity (Wildman–Crippen MR) is 85.9 cm³/mol. The summed E-state index contributed by atoms with van der Waals surface area (Å²) in [6.45, 7) is 3.82. The topological polar surface area (TPSA) is 59.4 Å². The summed E-state index contributed by atoms with van der Waals surface area (Å²) >= 11 is 0. The van der Waals surface area contributed by atoms with Gasteiger partial charge in [0.2, 0.25) is 11.8 Å². The van der Waals surface area contributed by atoms with Gasteiger partial charge in [0.05, 0.1) is 18.9 Å². The minimum Gasteiger partial charge on any atom is -0.376 e. The van der Waals surface area contributed by atoms with Crippen LogP contribution in [0.2, 0.25) is 0 Å². The van der Waals surface area contributed by atoms with Crippen LogP contribution in [-0.2, 0) is 23.1 Å². The molecule has 4 rings (SSSR count). The summed E-state index contributed by atoms with van der Waals surface area (Å²) in [5.41, 5.74) is 1.18. The average molecular weight is 354 g/mol. The third kappa shape index (κ3) is 3.55. The van der Waals surface area contributed by atoms with Crippen molar-refractivity contribution in [3.63, 3.8) is 0 Å². The summed E-state index contributed by atoms with van der Waals surface area (Å²) in [6, 6.07) is 0. The van der Waals surface area contributed by atoms with E-state index in [1.165, 1.54) is 5.56 Å². The van der Waals surface area contributed by atoms with E-state index >= 15 is 0 Å². The van der Waals surface area contributed by atoms with Crippen LogP contribution in [0.1, 0.15) is 18.4 Å². The minimum atomic E-state index is -2.65. The van der Waals surface area contributed by atoms with Crippen molar-refractivity contribution in [3.05, 3.63) is 18.0 Å². The molecule has 25 heavy (non-hydrogen) atoms. The molecule has 0 unspecified atom stereocenters. The van der Waals surface area contributed by atoms with Crippen LogP contribution in [-0.4, -0.2) is 58.9 Å².